The van der Waals surface area contributed by atoms with E-state index in [1.165, 1.54) is 0 Å². The third-order valence-corrected chi connectivity index (χ3v) is 4.12. The van der Waals surface area contributed by atoms with Gasteiger partial charge in [0.2, 0.25) is 5.91 Å². The molecule has 0 spiro atoms. The summed E-state index contributed by atoms with van der Waals surface area (Å²) in [5, 5.41) is 2.55. The van der Waals surface area contributed by atoms with Crippen molar-refractivity contribution in [2.75, 3.05) is 33.7 Å². The Kier molecular flexibility index (Phi) is 5.82. The molecule has 24 heavy (non-hydrogen) atoms. The van der Waals surface area contributed by atoms with Crippen LogP contribution in [0.5, 0.6) is 0 Å². The second-order valence-corrected chi connectivity index (χ2v) is 6.26. The molecule has 0 unspecified atom stereocenters. The molecule has 0 aromatic heterocycles. The molecule has 134 valence electrons. The maximum atomic E-state index is 13.3. The summed E-state index contributed by atoms with van der Waals surface area (Å²) in [6.45, 7) is 1.63. The summed E-state index contributed by atoms with van der Waals surface area (Å²) >= 11 is 0. The molecular formula is C16H21F4N3O. The van der Waals surface area contributed by atoms with Crippen LogP contribution in [0, 0.1) is 5.82 Å². The quantitative estimate of drug-likeness (QED) is 0.829. The molecule has 1 atom stereocenters. The molecule has 1 aromatic rings. The van der Waals surface area contributed by atoms with Crippen molar-refractivity contribution in [1.82, 2.24) is 15.1 Å². The number of nitrogens with one attached hydrogen (secondary N) is 1. The molecule has 1 heterocycles. The van der Waals surface area contributed by atoms with E-state index in [2.05, 4.69) is 10.2 Å². The monoisotopic (exact) mass is 347 g/mol. The summed E-state index contributed by atoms with van der Waals surface area (Å²) in [7, 11) is 3.97. The molecule has 1 saturated heterocycles. The number of carbonyl (C=O) groups is 1. The lowest BCUT2D eigenvalue weighted by Gasteiger charge is -2.20. The molecule has 1 fully saturated rings. The van der Waals surface area contributed by atoms with Crippen LogP contribution in [0.3, 0.4) is 0 Å². The van der Waals surface area contributed by atoms with Crippen LogP contribution in [0.4, 0.5) is 17.6 Å². The average Bonchev–Trinajstić information content (AvgIpc) is 2.92. The lowest BCUT2D eigenvalue weighted by atomic mass is 10.1. The lowest BCUT2D eigenvalue weighted by Crippen LogP contribution is -2.38. The van der Waals surface area contributed by atoms with E-state index in [9.17, 15) is 22.4 Å². The minimum Gasteiger partial charge on any atom is -0.351 e. The Balaban J connectivity index is 1.87. The van der Waals surface area contributed by atoms with Crippen molar-refractivity contribution in [2.24, 2.45) is 0 Å². The number of rotatable bonds is 5. The van der Waals surface area contributed by atoms with E-state index in [1.54, 1.807) is 0 Å². The minimum absolute atomic E-state index is 0.0864. The molecule has 1 N–H and O–H groups in total. The highest BCUT2D eigenvalue weighted by atomic mass is 19.4. The fraction of sp³-hybridized carbons (Fsp3) is 0.562. The van der Waals surface area contributed by atoms with Crippen LogP contribution >= 0.6 is 0 Å². The van der Waals surface area contributed by atoms with Gasteiger partial charge in [-0.2, -0.15) is 13.2 Å². The van der Waals surface area contributed by atoms with E-state index in [-0.39, 0.29) is 24.6 Å². The number of amides is 1. The van der Waals surface area contributed by atoms with E-state index >= 15 is 0 Å². The van der Waals surface area contributed by atoms with E-state index in [0.29, 0.717) is 12.1 Å². The largest absolute Gasteiger partial charge is 0.416 e. The normalized spacial score (nSPS) is 19.0. The number of likely N-dealkylation sites (N-methyl/N-ethyl adjacent to an activating group) is 1. The van der Waals surface area contributed by atoms with Gasteiger partial charge in [0, 0.05) is 25.7 Å². The van der Waals surface area contributed by atoms with Gasteiger partial charge < -0.3 is 10.2 Å². The Bertz CT molecular complexity index is 589. The first-order valence-electron chi connectivity index (χ1n) is 7.67. The van der Waals surface area contributed by atoms with Gasteiger partial charge in [-0.05, 0) is 44.3 Å². The van der Waals surface area contributed by atoms with Gasteiger partial charge in [-0.3, -0.25) is 9.69 Å². The SMILES string of the molecule is CN(C)[C@@H]1CCN(CC(=O)NCc2cc(F)cc(C(F)(F)F)c2)C1. The van der Waals surface area contributed by atoms with Crippen LogP contribution in [0.1, 0.15) is 17.5 Å². The van der Waals surface area contributed by atoms with E-state index < -0.39 is 17.6 Å². The van der Waals surface area contributed by atoms with Crippen LogP contribution < -0.4 is 5.32 Å². The molecule has 0 radical (unpaired) electrons. The third kappa shape index (κ3) is 5.17. The minimum atomic E-state index is -4.61. The second kappa shape index (κ2) is 7.48. The van der Waals surface area contributed by atoms with Crippen molar-refractivity contribution in [3.05, 3.63) is 35.1 Å². The zero-order valence-corrected chi connectivity index (χ0v) is 13.7. The molecule has 1 amide bonds. The summed E-state index contributed by atoms with van der Waals surface area (Å²) in [6.07, 6.45) is -3.64. The highest BCUT2D eigenvalue weighted by Gasteiger charge is 2.31. The number of halogens is 4. The first kappa shape index (κ1) is 18.7. The molecule has 4 nitrogen and oxygen atoms in total. The van der Waals surface area contributed by atoms with Crippen LogP contribution in [0.2, 0.25) is 0 Å². The van der Waals surface area contributed by atoms with Crippen molar-refractivity contribution >= 4 is 5.91 Å². The molecule has 0 aliphatic carbocycles. The third-order valence-electron chi connectivity index (χ3n) is 4.12. The molecule has 1 aliphatic heterocycles. The standard InChI is InChI=1S/C16H21F4N3O/c1-22(2)14-3-4-23(9-14)10-15(24)21-8-11-5-12(16(18,19)20)7-13(17)6-11/h5-7,14H,3-4,8-10H2,1-2H3,(H,21,24)/t14-/m1/s1. The van der Waals surface area contributed by atoms with Gasteiger partial charge >= 0.3 is 6.18 Å². The van der Waals surface area contributed by atoms with E-state index in [1.807, 2.05) is 19.0 Å². The smallest absolute Gasteiger partial charge is 0.351 e. The van der Waals surface area contributed by atoms with Gasteiger partial charge in [-0.1, -0.05) is 0 Å². The molecule has 2 rings (SSSR count). The topological polar surface area (TPSA) is 35.6 Å². The Morgan fingerprint density at radius 1 is 1.33 bits per heavy atom. The number of nitrogens with zero attached hydrogens (tertiary/aromatic N) is 2. The predicted molar refractivity (Wildman–Crippen MR) is 81.8 cm³/mol. The van der Waals surface area contributed by atoms with Crippen LogP contribution in [0.25, 0.3) is 0 Å². The molecule has 1 aliphatic rings. The zero-order chi connectivity index (χ0) is 17.9. The predicted octanol–water partition coefficient (Wildman–Crippen LogP) is 2.10. The zero-order valence-electron chi connectivity index (χ0n) is 13.7. The molecule has 0 saturated carbocycles. The van der Waals surface area contributed by atoms with Gasteiger partial charge in [0.15, 0.2) is 0 Å². The van der Waals surface area contributed by atoms with Gasteiger partial charge in [-0.25, -0.2) is 4.39 Å². The van der Waals surface area contributed by atoms with E-state index in [4.69, 9.17) is 0 Å². The number of alkyl halides is 3. The summed E-state index contributed by atoms with van der Waals surface area (Å²) in [5.41, 5.74) is -0.969. The van der Waals surface area contributed by atoms with Gasteiger partial charge in [0.25, 0.3) is 0 Å². The first-order valence-corrected chi connectivity index (χ1v) is 7.67. The molecule has 1 aromatic carbocycles. The van der Waals surface area contributed by atoms with Gasteiger partial charge in [-0.15, -0.1) is 0 Å². The number of hydrogen-bond acceptors (Lipinski definition) is 3. The number of hydrogen-bond donors (Lipinski definition) is 1. The molecule has 8 heteroatoms. The van der Waals surface area contributed by atoms with Crippen molar-refractivity contribution in [3.63, 3.8) is 0 Å². The van der Waals surface area contributed by atoms with Crippen molar-refractivity contribution in [2.45, 2.75) is 25.2 Å². The van der Waals surface area contributed by atoms with Gasteiger partial charge in [0.05, 0.1) is 12.1 Å². The van der Waals surface area contributed by atoms with Crippen molar-refractivity contribution in [3.8, 4) is 0 Å². The van der Waals surface area contributed by atoms with Gasteiger partial charge in [0.1, 0.15) is 5.82 Å². The van der Waals surface area contributed by atoms with E-state index in [0.717, 1.165) is 31.6 Å². The van der Waals surface area contributed by atoms with Crippen molar-refractivity contribution < 1.29 is 22.4 Å². The molecule has 0 bridgehead atoms. The summed E-state index contributed by atoms with van der Waals surface area (Å²) in [6, 6.07) is 2.68. The Hall–Kier alpha value is -1.67. The average molecular weight is 347 g/mol. The maximum Gasteiger partial charge on any atom is 0.416 e. The Morgan fingerprint density at radius 2 is 2.04 bits per heavy atom. The Morgan fingerprint density at radius 3 is 2.62 bits per heavy atom. The van der Waals surface area contributed by atoms with Crippen LogP contribution in [-0.2, 0) is 17.5 Å². The van der Waals surface area contributed by atoms with Crippen molar-refractivity contribution in [1.29, 1.82) is 0 Å². The summed E-state index contributed by atoms with van der Waals surface area (Å²) in [4.78, 5) is 16.0. The summed E-state index contributed by atoms with van der Waals surface area (Å²) < 4.78 is 51.3. The fourth-order valence-electron chi connectivity index (χ4n) is 2.75. The molecular weight excluding hydrogens is 326 g/mol. The highest BCUT2D eigenvalue weighted by Crippen LogP contribution is 2.30. The Labute approximate surface area is 138 Å². The highest BCUT2D eigenvalue weighted by molar-refractivity contribution is 5.78. The maximum absolute atomic E-state index is 13.3. The number of likely N-dealkylation sites (tertiary alicyclic amines) is 1. The number of carbonyl (C=O) groups excluding carboxylic acids is 1. The summed E-state index contributed by atoms with van der Waals surface area (Å²) in [5.74, 6) is -1.25. The second-order valence-electron chi connectivity index (χ2n) is 6.26. The number of benzene rings is 1. The lowest BCUT2D eigenvalue weighted by molar-refractivity contribution is -0.137. The van der Waals surface area contributed by atoms with Crippen LogP contribution in [0.15, 0.2) is 18.2 Å². The fourth-order valence-corrected chi connectivity index (χ4v) is 2.75. The van der Waals surface area contributed by atoms with Crippen LogP contribution in [-0.4, -0.2) is 55.5 Å². The first-order chi connectivity index (χ1) is 11.1.